The summed E-state index contributed by atoms with van der Waals surface area (Å²) in [6.07, 6.45) is 3.30. The second kappa shape index (κ2) is 6.72. The predicted octanol–water partition coefficient (Wildman–Crippen LogP) is -0.111. The minimum atomic E-state index is -0.117. The Hall–Kier alpha value is -1.11. The lowest BCUT2D eigenvalue weighted by Gasteiger charge is -2.13. The highest BCUT2D eigenvalue weighted by molar-refractivity contribution is 6.30. The van der Waals surface area contributed by atoms with Crippen LogP contribution in [0.3, 0.4) is 0 Å². The summed E-state index contributed by atoms with van der Waals surface area (Å²) >= 11 is 5.75. The molecule has 1 aliphatic rings. The number of carbonyl (C=O) groups is 1. The third-order valence-corrected chi connectivity index (χ3v) is 2.94. The first-order valence-corrected chi connectivity index (χ1v) is 6.37. The molecule has 1 saturated heterocycles. The van der Waals surface area contributed by atoms with Crippen LogP contribution in [-0.4, -0.2) is 48.5 Å². The minimum absolute atomic E-state index is 0.0163. The van der Waals surface area contributed by atoms with E-state index < -0.39 is 0 Å². The van der Waals surface area contributed by atoms with Crippen molar-refractivity contribution in [2.24, 2.45) is 5.92 Å². The lowest BCUT2D eigenvalue weighted by molar-refractivity contribution is -0.126. The van der Waals surface area contributed by atoms with E-state index in [1.807, 2.05) is 0 Å². The maximum Gasteiger partial charge on any atom is 0.226 e. The zero-order valence-corrected chi connectivity index (χ0v) is 10.8. The zero-order chi connectivity index (χ0) is 12.8. The second-order valence-corrected chi connectivity index (χ2v) is 4.63. The Bertz CT molecular complexity index is 388. The number of hydrogen-bond donors (Lipinski definition) is 2. The van der Waals surface area contributed by atoms with E-state index in [0.717, 1.165) is 6.54 Å². The molecule has 0 bridgehead atoms. The van der Waals surface area contributed by atoms with Crippen LogP contribution < -0.4 is 10.6 Å². The third-order valence-electron chi connectivity index (χ3n) is 2.75. The predicted molar refractivity (Wildman–Crippen MR) is 67.4 cm³/mol. The molecule has 100 valence electrons. The molecule has 0 aliphatic carbocycles. The monoisotopic (exact) mass is 272 g/mol. The summed E-state index contributed by atoms with van der Waals surface area (Å²) in [7, 11) is 0. The van der Waals surface area contributed by atoms with Crippen molar-refractivity contribution >= 4 is 17.5 Å². The van der Waals surface area contributed by atoms with Gasteiger partial charge in [-0.25, -0.2) is 0 Å². The van der Waals surface area contributed by atoms with Crippen molar-refractivity contribution in [2.75, 3.05) is 32.8 Å². The lowest BCUT2D eigenvalue weighted by atomic mass is 10.1. The van der Waals surface area contributed by atoms with Crippen LogP contribution in [0.25, 0.3) is 0 Å². The van der Waals surface area contributed by atoms with Crippen molar-refractivity contribution in [1.82, 2.24) is 20.4 Å². The van der Waals surface area contributed by atoms with E-state index in [1.54, 1.807) is 17.1 Å². The molecule has 0 radical (unpaired) electrons. The number of halogens is 1. The molecule has 7 heteroatoms. The maximum absolute atomic E-state index is 11.9. The topological polar surface area (TPSA) is 68.2 Å². The highest BCUT2D eigenvalue weighted by Crippen LogP contribution is 2.04. The van der Waals surface area contributed by atoms with Gasteiger partial charge in [0.15, 0.2) is 0 Å². The molecule has 0 spiro atoms. The quantitative estimate of drug-likeness (QED) is 0.803. The summed E-state index contributed by atoms with van der Waals surface area (Å²) in [6, 6.07) is 0. The Morgan fingerprint density at radius 1 is 1.72 bits per heavy atom. The highest BCUT2D eigenvalue weighted by atomic mass is 35.5. The number of ether oxygens (including phenoxy) is 1. The Morgan fingerprint density at radius 2 is 2.61 bits per heavy atom. The molecule has 1 aliphatic heterocycles. The van der Waals surface area contributed by atoms with Gasteiger partial charge in [0.25, 0.3) is 0 Å². The number of aromatic nitrogens is 2. The molecule has 2 heterocycles. The van der Waals surface area contributed by atoms with Crippen molar-refractivity contribution in [2.45, 2.75) is 6.54 Å². The van der Waals surface area contributed by atoms with E-state index >= 15 is 0 Å². The van der Waals surface area contributed by atoms with Gasteiger partial charge in [-0.2, -0.15) is 5.10 Å². The minimum Gasteiger partial charge on any atom is -0.379 e. The van der Waals surface area contributed by atoms with Crippen LogP contribution in [0.1, 0.15) is 0 Å². The average molecular weight is 273 g/mol. The van der Waals surface area contributed by atoms with Gasteiger partial charge in [-0.05, 0) is 0 Å². The van der Waals surface area contributed by atoms with E-state index in [0.29, 0.717) is 37.9 Å². The molecule has 2 rings (SSSR count). The number of nitrogens with zero attached hydrogens (tertiary/aromatic N) is 2. The Labute approximate surface area is 111 Å². The van der Waals surface area contributed by atoms with Gasteiger partial charge in [0.1, 0.15) is 0 Å². The fraction of sp³-hybridized carbons (Fsp3) is 0.636. The van der Waals surface area contributed by atoms with Gasteiger partial charge in [-0.15, -0.1) is 0 Å². The summed E-state index contributed by atoms with van der Waals surface area (Å²) in [4.78, 5) is 11.9. The Kier molecular flexibility index (Phi) is 4.98. The van der Waals surface area contributed by atoms with E-state index in [1.165, 1.54) is 0 Å². The lowest BCUT2D eigenvalue weighted by Crippen LogP contribution is -2.39. The fourth-order valence-corrected chi connectivity index (χ4v) is 1.93. The van der Waals surface area contributed by atoms with E-state index in [-0.39, 0.29) is 11.8 Å². The molecule has 1 atom stereocenters. The highest BCUT2D eigenvalue weighted by Gasteiger charge is 2.19. The van der Waals surface area contributed by atoms with E-state index in [4.69, 9.17) is 16.3 Å². The smallest absolute Gasteiger partial charge is 0.226 e. The molecule has 2 N–H and O–H groups in total. The normalized spacial score (nSPS) is 20.4. The summed E-state index contributed by atoms with van der Waals surface area (Å²) in [5.74, 6) is -0.101. The molecular formula is C11H17ClN4O2. The summed E-state index contributed by atoms with van der Waals surface area (Å²) < 4.78 is 7.04. The first-order valence-electron chi connectivity index (χ1n) is 6.00. The molecule has 1 aromatic heterocycles. The van der Waals surface area contributed by atoms with Crippen LogP contribution in [0.2, 0.25) is 5.02 Å². The molecule has 0 aromatic carbocycles. The average Bonchev–Trinajstić information content (AvgIpc) is 2.63. The molecule has 0 saturated carbocycles. The number of hydrogen-bond acceptors (Lipinski definition) is 4. The molecule has 1 fully saturated rings. The Balaban J connectivity index is 1.70. The summed E-state index contributed by atoms with van der Waals surface area (Å²) in [6.45, 7) is 3.75. The van der Waals surface area contributed by atoms with Crippen molar-refractivity contribution in [1.29, 1.82) is 0 Å². The van der Waals surface area contributed by atoms with Crippen molar-refractivity contribution in [3.63, 3.8) is 0 Å². The fourth-order valence-electron chi connectivity index (χ4n) is 1.77. The van der Waals surface area contributed by atoms with Gasteiger partial charge >= 0.3 is 0 Å². The van der Waals surface area contributed by atoms with Gasteiger partial charge in [-0.3, -0.25) is 9.48 Å². The zero-order valence-electron chi connectivity index (χ0n) is 10.1. The van der Waals surface area contributed by atoms with Gasteiger partial charge < -0.3 is 15.4 Å². The summed E-state index contributed by atoms with van der Waals surface area (Å²) in [5.41, 5.74) is 0. The molecule has 1 unspecified atom stereocenters. The van der Waals surface area contributed by atoms with E-state index in [9.17, 15) is 4.79 Å². The van der Waals surface area contributed by atoms with Crippen molar-refractivity contribution < 1.29 is 9.53 Å². The van der Waals surface area contributed by atoms with Gasteiger partial charge in [0.2, 0.25) is 5.91 Å². The first-order chi connectivity index (χ1) is 8.75. The molecule has 6 nitrogen and oxygen atoms in total. The van der Waals surface area contributed by atoms with Crippen LogP contribution in [0.5, 0.6) is 0 Å². The van der Waals surface area contributed by atoms with Crippen molar-refractivity contribution in [3.8, 4) is 0 Å². The van der Waals surface area contributed by atoms with Crippen LogP contribution in [-0.2, 0) is 16.1 Å². The number of carbonyl (C=O) groups excluding carboxylic acids is 1. The molecule has 1 aromatic rings. The van der Waals surface area contributed by atoms with Crippen LogP contribution in [0, 0.1) is 5.92 Å². The van der Waals surface area contributed by atoms with Crippen LogP contribution >= 0.6 is 11.6 Å². The summed E-state index contributed by atoms with van der Waals surface area (Å²) in [5, 5.41) is 10.7. The molecule has 18 heavy (non-hydrogen) atoms. The van der Waals surface area contributed by atoms with E-state index in [2.05, 4.69) is 15.7 Å². The number of amides is 1. The standard InChI is InChI=1S/C11H17ClN4O2/c12-10-6-15-16(7-10)3-1-14-11(17)9-5-13-2-4-18-8-9/h6-7,9,13H,1-5,8H2,(H,14,17). The van der Waals surface area contributed by atoms with Gasteiger partial charge in [0, 0.05) is 25.8 Å². The largest absolute Gasteiger partial charge is 0.379 e. The number of nitrogens with one attached hydrogen (secondary N) is 2. The first kappa shape index (κ1) is 13.3. The van der Waals surface area contributed by atoms with Crippen LogP contribution in [0.4, 0.5) is 0 Å². The number of rotatable bonds is 4. The molecular weight excluding hydrogens is 256 g/mol. The van der Waals surface area contributed by atoms with Crippen molar-refractivity contribution in [3.05, 3.63) is 17.4 Å². The SMILES string of the molecule is O=C(NCCn1cc(Cl)cn1)C1CNCCOC1. The Morgan fingerprint density at radius 3 is 3.39 bits per heavy atom. The molecule has 1 amide bonds. The third kappa shape index (κ3) is 3.97. The second-order valence-electron chi connectivity index (χ2n) is 4.19. The van der Waals surface area contributed by atoms with Gasteiger partial charge in [-0.1, -0.05) is 11.6 Å². The van der Waals surface area contributed by atoms with Gasteiger partial charge in [0.05, 0.1) is 36.9 Å². The van der Waals surface area contributed by atoms with Crippen LogP contribution in [0.15, 0.2) is 12.4 Å². The maximum atomic E-state index is 11.9.